The summed E-state index contributed by atoms with van der Waals surface area (Å²) >= 11 is 2.81. The Bertz CT molecular complexity index is 462. The standard InChI is InChI=1S/C9H6BrF2NO3/c1-4(14)6-2-5(9(11)12)3-7(10)8(6)13(15)16/h2-3,9H,1H3. The van der Waals surface area contributed by atoms with Crippen molar-refractivity contribution < 1.29 is 18.5 Å². The van der Waals surface area contributed by atoms with Crippen LogP contribution in [0.15, 0.2) is 16.6 Å². The van der Waals surface area contributed by atoms with Gasteiger partial charge in [-0.05, 0) is 35.0 Å². The number of alkyl halides is 2. The molecule has 7 heteroatoms. The second-order valence-electron chi connectivity index (χ2n) is 3.01. The quantitative estimate of drug-likeness (QED) is 0.487. The van der Waals surface area contributed by atoms with Crippen LogP contribution in [0.3, 0.4) is 0 Å². The van der Waals surface area contributed by atoms with E-state index in [9.17, 15) is 23.7 Å². The lowest BCUT2D eigenvalue weighted by Crippen LogP contribution is -2.03. The largest absolute Gasteiger partial charge is 0.294 e. The molecule has 0 aliphatic heterocycles. The molecule has 4 nitrogen and oxygen atoms in total. The average molecular weight is 294 g/mol. The van der Waals surface area contributed by atoms with Crippen LogP contribution in [-0.4, -0.2) is 10.7 Å². The van der Waals surface area contributed by atoms with Gasteiger partial charge in [-0.1, -0.05) is 0 Å². The maximum absolute atomic E-state index is 12.4. The molecule has 0 heterocycles. The molecular formula is C9H6BrF2NO3. The summed E-state index contributed by atoms with van der Waals surface area (Å²) in [5.41, 5.74) is -1.24. The summed E-state index contributed by atoms with van der Waals surface area (Å²) in [7, 11) is 0. The van der Waals surface area contributed by atoms with Gasteiger partial charge in [0.05, 0.1) is 15.0 Å². The van der Waals surface area contributed by atoms with E-state index in [1.165, 1.54) is 0 Å². The molecule has 0 aliphatic rings. The minimum Gasteiger partial charge on any atom is -0.294 e. The number of nitrogens with zero attached hydrogens (tertiary/aromatic N) is 1. The number of Topliss-reactive ketones (excluding diaryl/α,β-unsaturated/α-hetero) is 1. The van der Waals surface area contributed by atoms with Gasteiger partial charge in [0.1, 0.15) is 0 Å². The summed E-state index contributed by atoms with van der Waals surface area (Å²) in [5, 5.41) is 10.7. The first kappa shape index (κ1) is 12.7. The number of rotatable bonds is 3. The lowest BCUT2D eigenvalue weighted by atomic mass is 10.1. The number of hydrogen-bond acceptors (Lipinski definition) is 3. The van der Waals surface area contributed by atoms with Crippen molar-refractivity contribution >= 4 is 27.4 Å². The smallest absolute Gasteiger partial charge is 0.294 e. The van der Waals surface area contributed by atoms with Gasteiger partial charge in [0.25, 0.3) is 12.1 Å². The SMILES string of the molecule is CC(=O)c1cc(C(F)F)cc(Br)c1[N+](=O)[O-]. The van der Waals surface area contributed by atoms with Crippen LogP contribution >= 0.6 is 15.9 Å². The molecule has 0 aromatic heterocycles. The molecule has 0 saturated heterocycles. The number of halogens is 3. The van der Waals surface area contributed by atoms with Crippen molar-refractivity contribution in [1.29, 1.82) is 0 Å². The van der Waals surface area contributed by atoms with Gasteiger partial charge in [0.15, 0.2) is 5.78 Å². The summed E-state index contributed by atoms with van der Waals surface area (Å²) in [4.78, 5) is 21.0. The molecule has 0 saturated carbocycles. The van der Waals surface area contributed by atoms with Gasteiger partial charge in [-0.15, -0.1) is 0 Å². The molecule has 0 radical (unpaired) electrons. The van der Waals surface area contributed by atoms with Gasteiger partial charge < -0.3 is 0 Å². The highest BCUT2D eigenvalue weighted by atomic mass is 79.9. The van der Waals surface area contributed by atoms with Crippen LogP contribution in [0.1, 0.15) is 29.3 Å². The van der Waals surface area contributed by atoms with Crippen molar-refractivity contribution in [3.8, 4) is 0 Å². The predicted octanol–water partition coefficient (Wildman–Crippen LogP) is 3.50. The Hall–Kier alpha value is -1.37. The third-order valence-corrected chi connectivity index (χ3v) is 2.50. The van der Waals surface area contributed by atoms with Crippen LogP contribution < -0.4 is 0 Å². The van der Waals surface area contributed by atoms with Gasteiger partial charge in [-0.25, -0.2) is 8.78 Å². The first-order chi connectivity index (χ1) is 7.34. The normalized spacial score (nSPS) is 10.6. The van der Waals surface area contributed by atoms with E-state index in [1.54, 1.807) is 0 Å². The minimum absolute atomic E-state index is 0.125. The Balaban J connectivity index is 3.52. The van der Waals surface area contributed by atoms with Crippen LogP contribution in [0.25, 0.3) is 0 Å². The molecule has 0 bridgehead atoms. The van der Waals surface area contributed by atoms with E-state index in [1.807, 2.05) is 0 Å². The van der Waals surface area contributed by atoms with Crippen molar-refractivity contribution in [1.82, 2.24) is 0 Å². The highest BCUT2D eigenvalue weighted by Crippen LogP contribution is 2.33. The number of carbonyl (C=O) groups excluding carboxylic acids is 1. The number of carbonyl (C=O) groups is 1. The van der Waals surface area contributed by atoms with Crippen LogP contribution in [0, 0.1) is 10.1 Å². The maximum Gasteiger partial charge on any atom is 0.294 e. The summed E-state index contributed by atoms with van der Waals surface area (Å²) in [6, 6.07) is 1.78. The molecule has 0 amide bonds. The molecule has 0 N–H and O–H groups in total. The molecule has 1 rings (SSSR count). The van der Waals surface area contributed by atoms with Gasteiger partial charge >= 0.3 is 0 Å². The van der Waals surface area contributed by atoms with Crippen molar-refractivity contribution in [2.75, 3.05) is 0 Å². The fourth-order valence-electron chi connectivity index (χ4n) is 1.20. The second kappa shape index (κ2) is 4.65. The molecule has 0 unspecified atom stereocenters. The van der Waals surface area contributed by atoms with Crippen LogP contribution in [0.2, 0.25) is 0 Å². The summed E-state index contributed by atoms with van der Waals surface area (Å²) in [6.07, 6.45) is -2.78. The van der Waals surface area contributed by atoms with E-state index in [-0.39, 0.29) is 10.0 Å². The van der Waals surface area contributed by atoms with E-state index in [4.69, 9.17) is 0 Å². The minimum atomic E-state index is -2.78. The fraction of sp³-hybridized carbons (Fsp3) is 0.222. The van der Waals surface area contributed by atoms with Crippen molar-refractivity contribution in [2.24, 2.45) is 0 Å². The number of ketones is 1. The molecule has 86 valence electrons. The summed E-state index contributed by atoms with van der Waals surface area (Å²) in [6.45, 7) is 1.09. The van der Waals surface area contributed by atoms with Gasteiger partial charge in [0.2, 0.25) is 0 Å². The van der Waals surface area contributed by atoms with Crippen LogP contribution in [0.4, 0.5) is 14.5 Å². The summed E-state index contributed by atoms with van der Waals surface area (Å²) < 4.78 is 24.7. The zero-order valence-electron chi connectivity index (χ0n) is 8.04. The van der Waals surface area contributed by atoms with E-state index in [2.05, 4.69) is 15.9 Å². The fourth-order valence-corrected chi connectivity index (χ4v) is 1.82. The summed E-state index contributed by atoms with van der Waals surface area (Å²) in [5.74, 6) is -0.630. The van der Waals surface area contributed by atoms with Crippen LogP contribution in [0.5, 0.6) is 0 Å². The monoisotopic (exact) mass is 293 g/mol. The molecule has 1 aromatic carbocycles. The van der Waals surface area contributed by atoms with Gasteiger partial charge in [0, 0.05) is 5.56 Å². The molecular weight excluding hydrogens is 288 g/mol. The second-order valence-corrected chi connectivity index (χ2v) is 3.87. The van der Waals surface area contributed by atoms with Crippen molar-refractivity contribution in [3.05, 3.63) is 37.8 Å². The molecule has 16 heavy (non-hydrogen) atoms. The van der Waals surface area contributed by atoms with Gasteiger partial charge in [-0.2, -0.15) is 0 Å². The third kappa shape index (κ3) is 2.41. The van der Waals surface area contributed by atoms with Crippen LogP contribution in [-0.2, 0) is 0 Å². The van der Waals surface area contributed by atoms with Gasteiger partial charge in [-0.3, -0.25) is 14.9 Å². The van der Waals surface area contributed by atoms with E-state index >= 15 is 0 Å². The maximum atomic E-state index is 12.4. The molecule has 0 spiro atoms. The molecule has 1 aromatic rings. The van der Waals surface area contributed by atoms with Crippen molar-refractivity contribution in [2.45, 2.75) is 13.3 Å². The Morgan fingerprint density at radius 3 is 2.44 bits per heavy atom. The Morgan fingerprint density at radius 2 is 2.06 bits per heavy atom. The molecule has 0 fully saturated rings. The average Bonchev–Trinajstić information content (AvgIpc) is 2.15. The van der Waals surface area contributed by atoms with Crippen molar-refractivity contribution in [3.63, 3.8) is 0 Å². The predicted molar refractivity (Wildman–Crippen MR) is 55.8 cm³/mol. The first-order valence-electron chi connectivity index (χ1n) is 4.11. The lowest BCUT2D eigenvalue weighted by molar-refractivity contribution is -0.385. The molecule has 0 aliphatic carbocycles. The Labute approximate surface area is 97.5 Å². The number of hydrogen-bond donors (Lipinski definition) is 0. The first-order valence-corrected chi connectivity index (χ1v) is 4.90. The zero-order chi connectivity index (χ0) is 12.5. The van der Waals surface area contributed by atoms with E-state index in [0.717, 1.165) is 19.1 Å². The highest BCUT2D eigenvalue weighted by Gasteiger charge is 2.24. The number of nitro groups is 1. The number of benzene rings is 1. The molecule has 0 atom stereocenters. The highest BCUT2D eigenvalue weighted by molar-refractivity contribution is 9.10. The van der Waals surface area contributed by atoms with E-state index < -0.39 is 28.4 Å². The van der Waals surface area contributed by atoms with E-state index in [0.29, 0.717) is 0 Å². The third-order valence-electron chi connectivity index (χ3n) is 1.90. The number of nitro benzene ring substituents is 1. The lowest BCUT2D eigenvalue weighted by Gasteiger charge is -2.05. The Morgan fingerprint density at radius 1 is 1.50 bits per heavy atom. The Kier molecular flexibility index (Phi) is 3.69. The zero-order valence-corrected chi connectivity index (χ0v) is 9.62. The topological polar surface area (TPSA) is 60.2 Å².